The number of aliphatic imine (C=N–C) groups is 1. The minimum Gasteiger partial charge on any atom is -0.376 e. The topological polar surface area (TPSA) is 49.8 Å². The number of aromatic nitrogens is 1. The van der Waals surface area contributed by atoms with E-state index < -0.39 is 11.9 Å². The lowest BCUT2D eigenvalue weighted by atomic mass is 10.1. The van der Waals surface area contributed by atoms with Gasteiger partial charge in [-0.1, -0.05) is 30.3 Å². The lowest BCUT2D eigenvalue weighted by Crippen LogP contribution is -2.40. The van der Waals surface area contributed by atoms with E-state index in [4.69, 9.17) is 4.74 Å². The van der Waals surface area contributed by atoms with Gasteiger partial charge in [0.1, 0.15) is 5.01 Å². The Labute approximate surface area is 172 Å². The Kier molecular flexibility index (Phi) is 7.49. The predicted octanol–water partition coefficient (Wildman–Crippen LogP) is 4.17. The maximum Gasteiger partial charge on any atom is 0.434 e. The third-order valence-electron chi connectivity index (χ3n) is 4.59. The second-order valence-corrected chi connectivity index (χ2v) is 7.84. The van der Waals surface area contributed by atoms with E-state index in [2.05, 4.69) is 20.2 Å². The molecule has 0 amide bonds. The van der Waals surface area contributed by atoms with Crippen LogP contribution in [-0.2, 0) is 24.1 Å². The third-order valence-corrected chi connectivity index (χ3v) is 5.43. The Morgan fingerprint density at radius 2 is 2.14 bits per heavy atom. The van der Waals surface area contributed by atoms with Crippen molar-refractivity contribution >= 4 is 17.3 Å². The van der Waals surface area contributed by atoms with Crippen LogP contribution in [0, 0.1) is 5.92 Å². The van der Waals surface area contributed by atoms with Crippen LogP contribution in [0.1, 0.15) is 29.6 Å². The van der Waals surface area contributed by atoms with Crippen molar-refractivity contribution in [2.75, 3.05) is 26.2 Å². The maximum absolute atomic E-state index is 12.7. The van der Waals surface area contributed by atoms with Crippen LogP contribution >= 0.6 is 11.3 Å². The molecule has 1 aliphatic heterocycles. The summed E-state index contributed by atoms with van der Waals surface area (Å²) >= 11 is 0.984. The number of hydrogen-bond donors (Lipinski definition) is 1. The van der Waals surface area contributed by atoms with Gasteiger partial charge in [-0.15, -0.1) is 11.3 Å². The first-order chi connectivity index (χ1) is 14.0. The van der Waals surface area contributed by atoms with Crippen molar-refractivity contribution in [1.82, 2.24) is 15.2 Å². The summed E-state index contributed by atoms with van der Waals surface area (Å²) in [7, 11) is 0. The Balaban J connectivity index is 1.51. The Morgan fingerprint density at radius 1 is 1.34 bits per heavy atom. The van der Waals surface area contributed by atoms with Crippen molar-refractivity contribution < 1.29 is 17.9 Å². The summed E-state index contributed by atoms with van der Waals surface area (Å²) in [5, 5.41) is 4.62. The molecule has 1 atom stereocenters. The highest BCUT2D eigenvalue weighted by atomic mass is 32.1. The zero-order valence-electron chi connectivity index (χ0n) is 16.3. The van der Waals surface area contributed by atoms with Gasteiger partial charge in [-0.2, -0.15) is 13.2 Å². The number of benzene rings is 1. The summed E-state index contributed by atoms with van der Waals surface area (Å²) in [6.45, 7) is 5.72. The number of nitrogens with one attached hydrogen (secondary N) is 1. The van der Waals surface area contributed by atoms with Crippen molar-refractivity contribution in [2.45, 2.75) is 32.7 Å². The van der Waals surface area contributed by atoms with Crippen molar-refractivity contribution in [2.24, 2.45) is 10.9 Å². The minimum absolute atomic E-state index is 0.134. The van der Waals surface area contributed by atoms with E-state index in [1.807, 2.05) is 37.3 Å². The fourth-order valence-electron chi connectivity index (χ4n) is 3.16. The van der Waals surface area contributed by atoms with E-state index in [0.717, 1.165) is 41.8 Å². The summed E-state index contributed by atoms with van der Waals surface area (Å²) in [5.74, 6) is 1.11. The van der Waals surface area contributed by atoms with Gasteiger partial charge < -0.3 is 15.0 Å². The molecule has 1 unspecified atom stereocenters. The molecule has 1 N–H and O–H groups in total. The van der Waals surface area contributed by atoms with Crippen LogP contribution in [-0.4, -0.2) is 42.1 Å². The molecule has 0 radical (unpaired) electrons. The second kappa shape index (κ2) is 10.1. The van der Waals surface area contributed by atoms with E-state index >= 15 is 0 Å². The zero-order valence-corrected chi connectivity index (χ0v) is 17.1. The van der Waals surface area contributed by atoms with Crippen LogP contribution < -0.4 is 5.32 Å². The molecule has 1 saturated heterocycles. The number of likely N-dealkylation sites (tertiary alicyclic amines) is 1. The highest BCUT2D eigenvalue weighted by Crippen LogP contribution is 2.30. The molecule has 0 aliphatic carbocycles. The van der Waals surface area contributed by atoms with Crippen molar-refractivity contribution in [3.8, 4) is 0 Å². The lowest BCUT2D eigenvalue weighted by molar-refractivity contribution is -0.140. The number of nitrogens with zero attached hydrogens (tertiary/aromatic N) is 3. The first kappa shape index (κ1) is 21.6. The van der Waals surface area contributed by atoms with Crippen molar-refractivity contribution in [1.29, 1.82) is 0 Å². The van der Waals surface area contributed by atoms with E-state index in [0.29, 0.717) is 36.6 Å². The highest BCUT2D eigenvalue weighted by Gasteiger charge is 2.33. The maximum atomic E-state index is 12.7. The van der Waals surface area contributed by atoms with Crippen LogP contribution in [0.3, 0.4) is 0 Å². The first-order valence-electron chi connectivity index (χ1n) is 9.62. The molecule has 1 aromatic carbocycles. The molecule has 1 aromatic heterocycles. The van der Waals surface area contributed by atoms with E-state index in [1.54, 1.807) is 0 Å². The number of thiazole rings is 1. The lowest BCUT2D eigenvalue weighted by Gasteiger charge is -2.21. The molecule has 3 rings (SSSR count). The molecule has 1 fully saturated rings. The fourth-order valence-corrected chi connectivity index (χ4v) is 3.88. The van der Waals surface area contributed by atoms with Gasteiger partial charge in [-0.3, -0.25) is 0 Å². The SMILES string of the molecule is CCNC(=NCc1nc(C(F)(F)F)cs1)N1CCC(COCc2ccccc2)C1. The van der Waals surface area contributed by atoms with Gasteiger partial charge in [-0.05, 0) is 18.9 Å². The smallest absolute Gasteiger partial charge is 0.376 e. The standard InChI is InChI=1S/C20H25F3N4OS/c1-2-24-19(25-10-18-26-17(14-29-18)20(21,22)23)27-9-8-16(11-27)13-28-12-15-6-4-3-5-7-15/h3-7,14,16H,2,8-13H2,1H3,(H,24,25). The van der Waals surface area contributed by atoms with Gasteiger partial charge in [0.15, 0.2) is 11.7 Å². The average molecular weight is 427 g/mol. The Bertz CT molecular complexity index is 795. The minimum atomic E-state index is -4.41. The van der Waals surface area contributed by atoms with Gasteiger partial charge in [0.25, 0.3) is 0 Å². The van der Waals surface area contributed by atoms with Crippen LogP contribution in [0.15, 0.2) is 40.7 Å². The number of rotatable bonds is 7. The number of hydrogen-bond acceptors (Lipinski definition) is 4. The van der Waals surface area contributed by atoms with Crippen molar-refractivity contribution in [3.05, 3.63) is 52.0 Å². The summed E-state index contributed by atoms with van der Waals surface area (Å²) in [6.07, 6.45) is -3.42. The molecular formula is C20H25F3N4OS. The molecule has 29 heavy (non-hydrogen) atoms. The first-order valence-corrected chi connectivity index (χ1v) is 10.5. The summed E-state index contributed by atoms with van der Waals surface area (Å²) in [5.41, 5.74) is 0.299. The fraction of sp³-hybridized carbons (Fsp3) is 0.500. The summed E-state index contributed by atoms with van der Waals surface area (Å²) in [6, 6.07) is 10.1. The van der Waals surface area contributed by atoms with Crippen LogP contribution in [0.25, 0.3) is 0 Å². The molecule has 2 heterocycles. The average Bonchev–Trinajstić information content (AvgIpc) is 3.36. The van der Waals surface area contributed by atoms with Gasteiger partial charge >= 0.3 is 6.18 Å². The molecule has 158 valence electrons. The zero-order chi connectivity index (χ0) is 20.7. The van der Waals surface area contributed by atoms with Gasteiger partial charge in [0.2, 0.25) is 0 Å². The summed E-state index contributed by atoms with van der Waals surface area (Å²) in [4.78, 5) is 10.3. The second-order valence-electron chi connectivity index (χ2n) is 6.90. The number of guanidine groups is 1. The van der Waals surface area contributed by atoms with Gasteiger partial charge in [0, 0.05) is 30.9 Å². The molecule has 5 nitrogen and oxygen atoms in total. The predicted molar refractivity (Wildman–Crippen MR) is 108 cm³/mol. The molecule has 2 aromatic rings. The van der Waals surface area contributed by atoms with E-state index in [9.17, 15) is 13.2 Å². The normalized spacial score (nSPS) is 17.7. The molecule has 9 heteroatoms. The molecule has 0 spiro atoms. The van der Waals surface area contributed by atoms with Gasteiger partial charge in [0.05, 0.1) is 19.8 Å². The van der Waals surface area contributed by atoms with Crippen LogP contribution in [0.5, 0.6) is 0 Å². The van der Waals surface area contributed by atoms with Crippen LogP contribution in [0.4, 0.5) is 13.2 Å². The molecule has 0 bridgehead atoms. The molecule has 0 saturated carbocycles. The number of ether oxygens (including phenoxy) is 1. The largest absolute Gasteiger partial charge is 0.434 e. The monoisotopic (exact) mass is 426 g/mol. The highest BCUT2D eigenvalue weighted by molar-refractivity contribution is 7.09. The Hall–Kier alpha value is -2.13. The quantitative estimate of drug-likeness (QED) is 0.533. The number of alkyl halides is 3. The van der Waals surface area contributed by atoms with Crippen molar-refractivity contribution in [3.63, 3.8) is 0 Å². The van der Waals surface area contributed by atoms with Crippen LogP contribution in [0.2, 0.25) is 0 Å². The third kappa shape index (κ3) is 6.43. The Morgan fingerprint density at radius 3 is 2.83 bits per heavy atom. The number of halogens is 3. The summed E-state index contributed by atoms with van der Waals surface area (Å²) < 4.78 is 43.9. The molecular weight excluding hydrogens is 401 g/mol. The van der Waals surface area contributed by atoms with E-state index in [1.165, 1.54) is 0 Å². The molecule has 1 aliphatic rings. The van der Waals surface area contributed by atoms with Gasteiger partial charge in [-0.25, -0.2) is 9.98 Å². The van der Waals surface area contributed by atoms with E-state index in [-0.39, 0.29) is 6.54 Å².